The number of amides is 3. The molecule has 3 amide bonds. The van der Waals surface area contributed by atoms with Crippen LogP contribution in [0.25, 0.3) is 0 Å². The Morgan fingerprint density at radius 1 is 0.848 bits per heavy atom. The Morgan fingerprint density at radius 3 is 2.12 bits per heavy atom. The number of imide groups is 1. The largest absolute Gasteiger partial charge is 0.457 e. The Balaban J connectivity index is 1.32. The van der Waals surface area contributed by atoms with Crippen molar-refractivity contribution in [2.75, 3.05) is 11.9 Å². The molecule has 0 saturated carbocycles. The van der Waals surface area contributed by atoms with Crippen molar-refractivity contribution in [3.05, 3.63) is 90.0 Å². The molecule has 1 aliphatic heterocycles. The minimum absolute atomic E-state index is 0.234. The van der Waals surface area contributed by atoms with E-state index in [4.69, 9.17) is 9.47 Å². The molecule has 0 saturated heterocycles. The number of nitrogens with zero attached hydrogens (tertiary/aromatic N) is 1. The van der Waals surface area contributed by atoms with Crippen molar-refractivity contribution in [2.24, 2.45) is 0 Å². The van der Waals surface area contributed by atoms with E-state index in [-0.39, 0.29) is 11.1 Å². The molecule has 1 atom stereocenters. The van der Waals surface area contributed by atoms with E-state index in [2.05, 4.69) is 5.32 Å². The van der Waals surface area contributed by atoms with Gasteiger partial charge >= 0.3 is 5.97 Å². The van der Waals surface area contributed by atoms with Crippen LogP contribution in [0.3, 0.4) is 0 Å². The first kappa shape index (κ1) is 21.8. The summed E-state index contributed by atoms with van der Waals surface area (Å²) in [5, 5.41) is 2.62. The summed E-state index contributed by atoms with van der Waals surface area (Å²) in [4.78, 5) is 50.5. The summed E-state index contributed by atoms with van der Waals surface area (Å²) in [6, 6.07) is 21.1. The second-order valence-electron chi connectivity index (χ2n) is 7.30. The third-order valence-electron chi connectivity index (χ3n) is 5.00. The van der Waals surface area contributed by atoms with Crippen molar-refractivity contribution in [2.45, 2.75) is 13.0 Å². The zero-order valence-electron chi connectivity index (χ0n) is 17.7. The number of anilines is 1. The third kappa shape index (κ3) is 4.74. The van der Waals surface area contributed by atoms with E-state index in [0.29, 0.717) is 17.2 Å². The Morgan fingerprint density at radius 2 is 1.45 bits per heavy atom. The van der Waals surface area contributed by atoms with Crippen LogP contribution in [0, 0.1) is 0 Å². The molecule has 0 spiro atoms. The van der Waals surface area contributed by atoms with Crippen molar-refractivity contribution in [1.29, 1.82) is 0 Å². The van der Waals surface area contributed by atoms with Gasteiger partial charge in [-0.1, -0.05) is 36.4 Å². The highest BCUT2D eigenvalue weighted by Gasteiger charge is 2.41. The molecule has 8 nitrogen and oxygen atoms in total. The third-order valence-corrected chi connectivity index (χ3v) is 5.00. The molecule has 1 N–H and O–H groups in total. The molecule has 8 heteroatoms. The van der Waals surface area contributed by atoms with E-state index < -0.39 is 36.3 Å². The van der Waals surface area contributed by atoms with E-state index in [9.17, 15) is 19.2 Å². The lowest BCUT2D eigenvalue weighted by molar-refractivity contribution is -0.150. The van der Waals surface area contributed by atoms with Crippen LogP contribution < -0.4 is 10.1 Å². The number of esters is 1. The van der Waals surface area contributed by atoms with Crippen molar-refractivity contribution < 1.29 is 28.7 Å². The normalized spacial score (nSPS) is 13.3. The lowest BCUT2D eigenvalue weighted by Gasteiger charge is -2.20. The number of fused-ring (bicyclic) bond motifs is 1. The maximum Gasteiger partial charge on any atom is 0.329 e. The Hall–Kier alpha value is -4.46. The number of nitrogens with one attached hydrogen (secondary N) is 1. The minimum atomic E-state index is -1.17. The number of benzene rings is 3. The number of ether oxygens (including phenoxy) is 2. The Labute approximate surface area is 189 Å². The van der Waals surface area contributed by atoms with Gasteiger partial charge in [0, 0.05) is 11.8 Å². The second kappa shape index (κ2) is 9.35. The van der Waals surface area contributed by atoms with Crippen molar-refractivity contribution in [3.8, 4) is 11.5 Å². The highest BCUT2D eigenvalue weighted by molar-refractivity contribution is 6.22. The number of rotatable bonds is 7. The van der Waals surface area contributed by atoms with Gasteiger partial charge in [0.2, 0.25) is 0 Å². The van der Waals surface area contributed by atoms with Gasteiger partial charge in [-0.25, -0.2) is 4.79 Å². The van der Waals surface area contributed by atoms with Crippen LogP contribution in [0.4, 0.5) is 5.69 Å². The van der Waals surface area contributed by atoms with Gasteiger partial charge in [-0.15, -0.1) is 0 Å². The Bertz CT molecular complexity index is 1190. The fraction of sp³-hybridized carbons (Fsp3) is 0.120. The molecule has 0 fully saturated rings. The van der Waals surface area contributed by atoms with Gasteiger partial charge in [0.25, 0.3) is 17.7 Å². The summed E-state index contributed by atoms with van der Waals surface area (Å²) in [7, 11) is 0. The molecule has 3 aromatic carbocycles. The SMILES string of the molecule is CC(C(=O)OCC(=O)Nc1cccc(Oc2ccccc2)c1)N1C(=O)c2ccccc2C1=O. The predicted octanol–water partition coefficient (Wildman–Crippen LogP) is 3.65. The average Bonchev–Trinajstić information content (AvgIpc) is 3.08. The maximum absolute atomic E-state index is 12.5. The molecule has 166 valence electrons. The fourth-order valence-electron chi connectivity index (χ4n) is 3.38. The summed E-state index contributed by atoms with van der Waals surface area (Å²) >= 11 is 0. The monoisotopic (exact) mass is 444 g/mol. The first-order valence-electron chi connectivity index (χ1n) is 10.2. The maximum atomic E-state index is 12.5. The lowest BCUT2D eigenvalue weighted by atomic mass is 10.1. The second-order valence-corrected chi connectivity index (χ2v) is 7.30. The Kier molecular flexibility index (Phi) is 6.17. The van der Waals surface area contributed by atoms with E-state index in [1.807, 2.05) is 18.2 Å². The van der Waals surface area contributed by atoms with Gasteiger partial charge < -0.3 is 14.8 Å². The first-order valence-corrected chi connectivity index (χ1v) is 10.2. The molecule has 1 heterocycles. The molecule has 33 heavy (non-hydrogen) atoms. The molecule has 0 radical (unpaired) electrons. The number of para-hydroxylation sites is 1. The van der Waals surface area contributed by atoms with Gasteiger partial charge in [0.05, 0.1) is 11.1 Å². The molecule has 1 aliphatic rings. The molecule has 0 aliphatic carbocycles. The standard InChI is InChI=1S/C25H20N2O6/c1-16(27-23(29)20-12-5-6-13-21(20)24(27)30)25(31)32-15-22(28)26-17-8-7-11-19(14-17)33-18-9-3-2-4-10-18/h2-14,16H,15H2,1H3,(H,26,28). The van der Waals surface area contributed by atoms with Gasteiger partial charge in [-0.3, -0.25) is 19.3 Å². The molecular formula is C25H20N2O6. The lowest BCUT2D eigenvalue weighted by Crippen LogP contribution is -2.44. The topological polar surface area (TPSA) is 102 Å². The van der Waals surface area contributed by atoms with Gasteiger partial charge in [-0.2, -0.15) is 0 Å². The van der Waals surface area contributed by atoms with Gasteiger partial charge in [0.1, 0.15) is 17.5 Å². The summed E-state index contributed by atoms with van der Waals surface area (Å²) in [6.07, 6.45) is 0. The number of hydrogen-bond acceptors (Lipinski definition) is 6. The summed E-state index contributed by atoms with van der Waals surface area (Å²) in [6.45, 7) is 0.808. The predicted molar refractivity (Wildman–Crippen MR) is 119 cm³/mol. The van der Waals surface area contributed by atoms with E-state index in [1.54, 1.807) is 48.5 Å². The molecule has 1 unspecified atom stereocenters. The van der Waals surface area contributed by atoms with Crippen LogP contribution in [-0.4, -0.2) is 41.2 Å². The molecule has 3 aromatic rings. The van der Waals surface area contributed by atoms with Crippen molar-refractivity contribution in [3.63, 3.8) is 0 Å². The van der Waals surface area contributed by atoms with Gasteiger partial charge in [-0.05, 0) is 43.3 Å². The van der Waals surface area contributed by atoms with Crippen LogP contribution in [0.5, 0.6) is 11.5 Å². The minimum Gasteiger partial charge on any atom is -0.457 e. The van der Waals surface area contributed by atoms with Crippen LogP contribution in [0.15, 0.2) is 78.9 Å². The zero-order valence-corrected chi connectivity index (χ0v) is 17.7. The highest BCUT2D eigenvalue weighted by atomic mass is 16.5. The molecule has 0 aromatic heterocycles. The average molecular weight is 444 g/mol. The molecule has 4 rings (SSSR count). The number of carbonyl (C=O) groups excluding carboxylic acids is 4. The fourth-order valence-corrected chi connectivity index (χ4v) is 3.38. The zero-order chi connectivity index (χ0) is 23.4. The molecular weight excluding hydrogens is 424 g/mol. The van der Waals surface area contributed by atoms with E-state index in [0.717, 1.165) is 4.90 Å². The summed E-state index contributed by atoms with van der Waals surface area (Å²) < 4.78 is 10.8. The first-order chi connectivity index (χ1) is 15.9. The quantitative estimate of drug-likeness (QED) is 0.441. The number of hydrogen-bond donors (Lipinski definition) is 1. The van der Waals surface area contributed by atoms with Crippen molar-refractivity contribution in [1.82, 2.24) is 4.90 Å². The van der Waals surface area contributed by atoms with Gasteiger partial charge in [0.15, 0.2) is 6.61 Å². The highest BCUT2D eigenvalue weighted by Crippen LogP contribution is 2.25. The smallest absolute Gasteiger partial charge is 0.329 e. The van der Waals surface area contributed by atoms with E-state index >= 15 is 0 Å². The summed E-state index contributed by atoms with van der Waals surface area (Å²) in [5.41, 5.74) is 0.924. The molecule has 0 bridgehead atoms. The number of carbonyl (C=O) groups is 4. The van der Waals surface area contributed by atoms with Crippen LogP contribution in [0.1, 0.15) is 27.6 Å². The van der Waals surface area contributed by atoms with Crippen LogP contribution >= 0.6 is 0 Å². The van der Waals surface area contributed by atoms with Crippen molar-refractivity contribution >= 4 is 29.4 Å². The summed E-state index contributed by atoms with van der Waals surface area (Å²) in [5.74, 6) is -1.40. The van der Waals surface area contributed by atoms with Crippen LogP contribution in [-0.2, 0) is 14.3 Å². The van der Waals surface area contributed by atoms with Crippen LogP contribution in [0.2, 0.25) is 0 Å². The van der Waals surface area contributed by atoms with E-state index in [1.165, 1.54) is 19.1 Å².